The molecule has 0 aromatic heterocycles. The molecule has 1 aliphatic rings. The molecule has 0 aromatic carbocycles. The van der Waals surface area contributed by atoms with Gasteiger partial charge in [-0.25, -0.2) is 17.6 Å². The highest BCUT2D eigenvalue weighted by molar-refractivity contribution is 4.88. The Balaban J connectivity index is 2.19. The van der Waals surface area contributed by atoms with E-state index in [1.807, 2.05) is 0 Å². The minimum Gasteiger partial charge on any atom is -0.323 e. The molecule has 1 aliphatic carbocycles. The predicted octanol–water partition coefficient (Wildman–Crippen LogP) is 2.01. The van der Waals surface area contributed by atoms with Gasteiger partial charge in [-0.15, -0.1) is 0 Å². The van der Waals surface area contributed by atoms with Crippen molar-refractivity contribution < 1.29 is 17.6 Å². The Morgan fingerprint density at radius 1 is 1.33 bits per heavy atom. The van der Waals surface area contributed by atoms with E-state index in [2.05, 4.69) is 0 Å². The van der Waals surface area contributed by atoms with E-state index in [-0.39, 0.29) is 25.2 Å². The lowest BCUT2D eigenvalue weighted by Crippen LogP contribution is -2.41. The molecule has 0 aliphatic heterocycles. The zero-order valence-corrected chi connectivity index (χ0v) is 6.44. The van der Waals surface area contributed by atoms with Gasteiger partial charge in [-0.3, -0.25) is 0 Å². The molecular weight excluding hydrogens is 174 g/mol. The van der Waals surface area contributed by atoms with Gasteiger partial charge in [0.15, 0.2) is 0 Å². The minimum atomic E-state index is -2.63. The van der Waals surface area contributed by atoms with Gasteiger partial charge in [0.05, 0.1) is 6.04 Å². The minimum absolute atomic E-state index is 0.00720. The molecule has 5 heteroatoms. The fourth-order valence-electron chi connectivity index (χ4n) is 1.44. The van der Waals surface area contributed by atoms with Crippen LogP contribution in [0.5, 0.6) is 0 Å². The average Bonchev–Trinajstić information content (AvgIpc) is 1.83. The van der Waals surface area contributed by atoms with Gasteiger partial charge in [-0.05, 0) is 12.3 Å². The van der Waals surface area contributed by atoms with E-state index in [0.29, 0.717) is 0 Å². The highest BCUT2D eigenvalue weighted by Crippen LogP contribution is 2.44. The topological polar surface area (TPSA) is 26.0 Å². The van der Waals surface area contributed by atoms with Crippen molar-refractivity contribution in [1.82, 2.24) is 0 Å². The molecule has 1 rings (SSSR count). The molecule has 0 radical (unpaired) electrons. The fraction of sp³-hybridized carbons (Fsp3) is 1.00. The molecule has 1 nitrogen and oxygen atoms in total. The van der Waals surface area contributed by atoms with E-state index in [1.165, 1.54) is 0 Å². The van der Waals surface area contributed by atoms with Crippen molar-refractivity contribution in [3.63, 3.8) is 0 Å². The van der Waals surface area contributed by atoms with E-state index in [1.54, 1.807) is 0 Å². The second kappa shape index (κ2) is 3.20. The van der Waals surface area contributed by atoms with Crippen LogP contribution in [0.15, 0.2) is 0 Å². The quantitative estimate of drug-likeness (QED) is 0.669. The Hall–Kier alpha value is -0.320. The normalized spacial score (nSPS) is 25.5. The van der Waals surface area contributed by atoms with Crippen LogP contribution in [-0.2, 0) is 0 Å². The monoisotopic (exact) mass is 185 g/mol. The summed E-state index contributed by atoms with van der Waals surface area (Å²) in [6, 6.07) is -1.24. The Morgan fingerprint density at radius 2 is 1.83 bits per heavy atom. The molecule has 12 heavy (non-hydrogen) atoms. The lowest BCUT2D eigenvalue weighted by molar-refractivity contribution is -0.116. The first-order chi connectivity index (χ1) is 5.41. The number of nitrogens with two attached hydrogens (primary N) is 1. The fourth-order valence-corrected chi connectivity index (χ4v) is 1.44. The zero-order chi connectivity index (χ0) is 9.35. The second-order valence-corrected chi connectivity index (χ2v) is 3.36. The molecule has 0 spiro atoms. The largest absolute Gasteiger partial charge is 0.323 e. The molecule has 1 atom stereocenters. The predicted molar refractivity (Wildman–Crippen MR) is 36.3 cm³/mol. The van der Waals surface area contributed by atoms with Crippen LogP contribution in [0.1, 0.15) is 19.3 Å². The SMILES string of the molecule is NC(CC1CC(F)(F)C1)C(F)F. The van der Waals surface area contributed by atoms with Gasteiger partial charge in [0, 0.05) is 12.8 Å². The van der Waals surface area contributed by atoms with Crippen molar-refractivity contribution in [2.45, 2.75) is 37.7 Å². The van der Waals surface area contributed by atoms with E-state index < -0.39 is 18.4 Å². The highest BCUT2D eigenvalue weighted by Gasteiger charge is 2.45. The molecule has 0 bridgehead atoms. The zero-order valence-electron chi connectivity index (χ0n) is 6.44. The van der Waals surface area contributed by atoms with Crippen LogP contribution < -0.4 is 5.73 Å². The summed E-state index contributed by atoms with van der Waals surface area (Å²) >= 11 is 0. The van der Waals surface area contributed by atoms with Gasteiger partial charge in [-0.2, -0.15) is 0 Å². The van der Waals surface area contributed by atoms with Crippen molar-refractivity contribution in [3.8, 4) is 0 Å². The van der Waals surface area contributed by atoms with Gasteiger partial charge in [-0.1, -0.05) is 0 Å². The summed E-state index contributed by atoms with van der Waals surface area (Å²) in [7, 11) is 0. The first kappa shape index (κ1) is 9.77. The summed E-state index contributed by atoms with van der Waals surface area (Å²) in [5, 5.41) is 0. The number of alkyl halides is 4. The molecule has 2 N–H and O–H groups in total. The molecule has 72 valence electrons. The Morgan fingerprint density at radius 3 is 2.17 bits per heavy atom. The maximum atomic E-state index is 12.2. The van der Waals surface area contributed by atoms with Crippen LogP contribution >= 0.6 is 0 Å². The van der Waals surface area contributed by atoms with Crippen LogP contribution in [0.4, 0.5) is 17.6 Å². The first-order valence-corrected chi connectivity index (χ1v) is 3.82. The van der Waals surface area contributed by atoms with Crippen LogP contribution in [-0.4, -0.2) is 18.4 Å². The van der Waals surface area contributed by atoms with E-state index in [4.69, 9.17) is 5.73 Å². The molecule has 1 fully saturated rings. The van der Waals surface area contributed by atoms with E-state index in [0.717, 1.165) is 0 Å². The molecule has 0 amide bonds. The lowest BCUT2D eigenvalue weighted by Gasteiger charge is -2.36. The highest BCUT2D eigenvalue weighted by atomic mass is 19.3. The third-order valence-electron chi connectivity index (χ3n) is 2.10. The number of halogens is 4. The first-order valence-electron chi connectivity index (χ1n) is 3.82. The summed E-state index contributed by atoms with van der Waals surface area (Å²) in [5.41, 5.74) is 5.02. The summed E-state index contributed by atoms with van der Waals surface area (Å²) in [6.45, 7) is 0. The van der Waals surface area contributed by atoms with E-state index in [9.17, 15) is 17.6 Å². The third kappa shape index (κ3) is 2.33. The van der Waals surface area contributed by atoms with Gasteiger partial charge in [0.25, 0.3) is 6.43 Å². The average molecular weight is 185 g/mol. The molecule has 0 aromatic rings. The summed E-state index contributed by atoms with van der Waals surface area (Å²) in [6.07, 6.45) is -3.16. The van der Waals surface area contributed by atoms with Crippen LogP contribution in [0.25, 0.3) is 0 Å². The third-order valence-corrected chi connectivity index (χ3v) is 2.10. The number of rotatable bonds is 3. The lowest BCUT2D eigenvalue weighted by atomic mass is 9.77. The van der Waals surface area contributed by atoms with Crippen molar-refractivity contribution in [1.29, 1.82) is 0 Å². The summed E-state index contributed by atoms with van der Waals surface area (Å²) in [4.78, 5) is 0. The standard InChI is InChI=1S/C7H11F4N/c8-6(9)5(12)1-4-2-7(10,11)3-4/h4-6H,1-3,12H2. The van der Waals surface area contributed by atoms with Gasteiger partial charge in [0.1, 0.15) is 0 Å². The smallest absolute Gasteiger partial charge is 0.253 e. The van der Waals surface area contributed by atoms with Gasteiger partial charge in [0.2, 0.25) is 5.92 Å². The van der Waals surface area contributed by atoms with Crippen molar-refractivity contribution >= 4 is 0 Å². The van der Waals surface area contributed by atoms with Crippen LogP contribution in [0, 0.1) is 5.92 Å². The van der Waals surface area contributed by atoms with E-state index >= 15 is 0 Å². The summed E-state index contributed by atoms with van der Waals surface area (Å²) < 4.78 is 48.1. The van der Waals surface area contributed by atoms with Crippen molar-refractivity contribution in [2.24, 2.45) is 11.7 Å². The number of hydrogen-bond acceptors (Lipinski definition) is 1. The van der Waals surface area contributed by atoms with Crippen LogP contribution in [0.2, 0.25) is 0 Å². The van der Waals surface area contributed by atoms with Crippen molar-refractivity contribution in [2.75, 3.05) is 0 Å². The van der Waals surface area contributed by atoms with Gasteiger partial charge < -0.3 is 5.73 Å². The Bertz CT molecular complexity index is 151. The Labute approximate surface area is 67.9 Å². The molecular formula is C7H11F4N. The van der Waals surface area contributed by atoms with Gasteiger partial charge >= 0.3 is 0 Å². The maximum absolute atomic E-state index is 12.2. The van der Waals surface area contributed by atoms with Crippen LogP contribution in [0.3, 0.4) is 0 Å². The maximum Gasteiger partial charge on any atom is 0.253 e. The summed E-state index contributed by atoms with van der Waals surface area (Å²) in [5.74, 6) is -2.95. The molecule has 0 heterocycles. The molecule has 1 saturated carbocycles. The molecule has 0 saturated heterocycles. The second-order valence-electron chi connectivity index (χ2n) is 3.36. The number of hydrogen-bond donors (Lipinski definition) is 1. The molecule has 1 unspecified atom stereocenters. The van der Waals surface area contributed by atoms with Crippen molar-refractivity contribution in [3.05, 3.63) is 0 Å². The Kier molecular flexibility index (Phi) is 2.61.